The van der Waals surface area contributed by atoms with Crippen LogP contribution in [0.2, 0.25) is 5.02 Å². The molecular formula is C13H14ClN3O3. The number of hydrogen-bond acceptors (Lipinski definition) is 5. The van der Waals surface area contributed by atoms with E-state index in [9.17, 15) is 15.0 Å². The highest BCUT2D eigenvalue weighted by molar-refractivity contribution is 6.32. The third-order valence-corrected chi connectivity index (χ3v) is 3.21. The Labute approximate surface area is 120 Å². The molecule has 2 aromatic rings. The number of aromatic nitrogens is 2. The summed E-state index contributed by atoms with van der Waals surface area (Å²) in [6.45, 7) is 0.513. The fraction of sp³-hybridized carbons (Fsp3) is 0.231. The lowest BCUT2D eigenvalue weighted by molar-refractivity contribution is 0.403. The quantitative estimate of drug-likeness (QED) is 0.744. The maximum absolute atomic E-state index is 11.6. The number of phenolic OH excluding ortho intramolecular Hbond substituents is 2. The molecule has 2 rings (SSSR count). The first-order chi connectivity index (χ1) is 9.49. The Bertz CT molecular complexity index is 685. The largest absolute Gasteiger partial charge is 0.504 e. The summed E-state index contributed by atoms with van der Waals surface area (Å²) in [6.07, 6.45) is 2.08. The highest BCUT2D eigenvalue weighted by Crippen LogP contribution is 2.25. The van der Waals surface area contributed by atoms with Crippen LogP contribution in [0.1, 0.15) is 5.56 Å². The number of nitrogens with zero attached hydrogens (tertiary/aromatic N) is 2. The van der Waals surface area contributed by atoms with Crippen molar-refractivity contribution in [2.24, 2.45) is 7.05 Å². The number of halogens is 1. The molecule has 0 unspecified atom stereocenters. The standard InChI is InChI=1S/C13H14ClN3O3/c1-17-13(20)12(14)9(7-16-17)15-5-4-8-2-3-10(18)11(19)6-8/h2-3,6-7,15,18-19H,4-5H2,1H3. The second kappa shape index (κ2) is 5.83. The highest BCUT2D eigenvalue weighted by atomic mass is 35.5. The molecule has 0 spiro atoms. The van der Waals surface area contributed by atoms with Gasteiger partial charge < -0.3 is 15.5 Å². The summed E-state index contributed by atoms with van der Waals surface area (Å²) in [6, 6.07) is 4.62. The highest BCUT2D eigenvalue weighted by Gasteiger charge is 2.07. The number of aromatic hydroxyl groups is 2. The van der Waals surface area contributed by atoms with Crippen LogP contribution in [0.15, 0.2) is 29.2 Å². The molecule has 7 heteroatoms. The first-order valence-corrected chi connectivity index (χ1v) is 6.33. The molecule has 0 aliphatic rings. The number of benzene rings is 1. The normalized spacial score (nSPS) is 10.5. The van der Waals surface area contributed by atoms with Crippen molar-refractivity contribution in [3.05, 3.63) is 45.3 Å². The van der Waals surface area contributed by atoms with Crippen molar-refractivity contribution in [2.45, 2.75) is 6.42 Å². The van der Waals surface area contributed by atoms with Gasteiger partial charge in [-0.3, -0.25) is 4.79 Å². The minimum atomic E-state index is -0.362. The van der Waals surface area contributed by atoms with Crippen LogP contribution in [0.25, 0.3) is 0 Å². The Hall–Kier alpha value is -2.21. The van der Waals surface area contributed by atoms with Crippen LogP contribution >= 0.6 is 11.6 Å². The average Bonchev–Trinajstić information content (AvgIpc) is 2.43. The van der Waals surface area contributed by atoms with Gasteiger partial charge in [0.15, 0.2) is 11.5 Å². The maximum Gasteiger partial charge on any atom is 0.287 e. The summed E-state index contributed by atoms with van der Waals surface area (Å²) in [5.74, 6) is -0.309. The van der Waals surface area contributed by atoms with Gasteiger partial charge in [-0.2, -0.15) is 5.10 Å². The van der Waals surface area contributed by atoms with E-state index in [1.165, 1.54) is 25.4 Å². The molecule has 0 amide bonds. The van der Waals surface area contributed by atoms with Crippen molar-refractivity contribution in [3.63, 3.8) is 0 Å². The Morgan fingerprint density at radius 3 is 2.80 bits per heavy atom. The van der Waals surface area contributed by atoms with Crippen molar-refractivity contribution < 1.29 is 10.2 Å². The van der Waals surface area contributed by atoms with E-state index in [0.717, 1.165) is 10.2 Å². The van der Waals surface area contributed by atoms with E-state index in [1.807, 2.05) is 0 Å². The van der Waals surface area contributed by atoms with Gasteiger partial charge in [0.05, 0.1) is 11.9 Å². The van der Waals surface area contributed by atoms with Crippen molar-refractivity contribution in [3.8, 4) is 11.5 Å². The van der Waals surface area contributed by atoms with Crippen LogP contribution in [0.3, 0.4) is 0 Å². The van der Waals surface area contributed by atoms with Gasteiger partial charge >= 0.3 is 0 Å². The summed E-state index contributed by atoms with van der Waals surface area (Å²) in [5.41, 5.74) is 0.956. The molecule has 0 saturated heterocycles. The second-order valence-electron chi connectivity index (χ2n) is 4.30. The number of phenols is 2. The van der Waals surface area contributed by atoms with E-state index in [1.54, 1.807) is 6.07 Å². The molecule has 3 N–H and O–H groups in total. The van der Waals surface area contributed by atoms with Gasteiger partial charge in [-0.15, -0.1) is 0 Å². The number of nitrogens with one attached hydrogen (secondary N) is 1. The molecule has 6 nitrogen and oxygen atoms in total. The lowest BCUT2D eigenvalue weighted by Gasteiger charge is -2.09. The molecule has 0 aliphatic carbocycles. The van der Waals surface area contributed by atoms with E-state index < -0.39 is 0 Å². The summed E-state index contributed by atoms with van der Waals surface area (Å²) >= 11 is 5.92. The predicted molar refractivity (Wildman–Crippen MR) is 76.5 cm³/mol. The third-order valence-electron chi connectivity index (χ3n) is 2.85. The van der Waals surface area contributed by atoms with Gasteiger partial charge in [0.2, 0.25) is 0 Å². The van der Waals surface area contributed by atoms with E-state index in [2.05, 4.69) is 10.4 Å². The van der Waals surface area contributed by atoms with Crippen molar-refractivity contribution >= 4 is 17.3 Å². The van der Waals surface area contributed by atoms with Crippen LogP contribution < -0.4 is 10.9 Å². The lowest BCUT2D eigenvalue weighted by Crippen LogP contribution is -2.21. The average molecular weight is 296 g/mol. The first-order valence-electron chi connectivity index (χ1n) is 5.95. The maximum atomic E-state index is 11.6. The number of hydrogen-bond donors (Lipinski definition) is 3. The summed E-state index contributed by atoms with van der Waals surface area (Å²) in [7, 11) is 1.53. The summed E-state index contributed by atoms with van der Waals surface area (Å²) in [5, 5.41) is 25.6. The van der Waals surface area contributed by atoms with E-state index >= 15 is 0 Å². The van der Waals surface area contributed by atoms with Crippen molar-refractivity contribution in [1.29, 1.82) is 0 Å². The van der Waals surface area contributed by atoms with Crippen LogP contribution in [-0.2, 0) is 13.5 Å². The van der Waals surface area contributed by atoms with Gasteiger partial charge in [0.25, 0.3) is 5.56 Å². The first kappa shape index (κ1) is 14.2. The molecule has 1 aromatic carbocycles. The predicted octanol–water partition coefficient (Wildman–Crippen LogP) is 1.50. The molecule has 106 valence electrons. The third kappa shape index (κ3) is 3.03. The van der Waals surface area contributed by atoms with Gasteiger partial charge in [0, 0.05) is 13.6 Å². The van der Waals surface area contributed by atoms with Crippen molar-refractivity contribution in [2.75, 3.05) is 11.9 Å². The molecule has 0 saturated carbocycles. The molecule has 0 radical (unpaired) electrons. The van der Waals surface area contributed by atoms with Crippen LogP contribution in [-0.4, -0.2) is 26.5 Å². The molecule has 0 fully saturated rings. The Balaban J connectivity index is 2.01. The summed E-state index contributed by atoms with van der Waals surface area (Å²) in [4.78, 5) is 11.6. The number of rotatable bonds is 4. The van der Waals surface area contributed by atoms with Gasteiger partial charge in [-0.05, 0) is 24.1 Å². The Morgan fingerprint density at radius 1 is 1.35 bits per heavy atom. The zero-order valence-electron chi connectivity index (χ0n) is 10.8. The SMILES string of the molecule is Cn1ncc(NCCc2ccc(O)c(O)c2)c(Cl)c1=O. The van der Waals surface area contributed by atoms with Crippen LogP contribution in [0.5, 0.6) is 11.5 Å². The smallest absolute Gasteiger partial charge is 0.287 e. The minimum Gasteiger partial charge on any atom is -0.504 e. The second-order valence-corrected chi connectivity index (χ2v) is 4.68. The van der Waals surface area contributed by atoms with E-state index in [0.29, 0.717) is 18.7 Å². The molecule has 1 aromatic heterocycles. The monoisotopic (exact) mass is 295 g/mol. The van der Waals surface area contributed by atoms with Crippen molar-refractivity contribution in [1.82, 2.24) is 9.78 Å². The molecule has 1 heterocycles. The fourth-order valence-electron chi connectivity index (χ4n) is 1.70. The molecule has 0 aliphatic heterocycles. The van der Waals surface area contributed by atoms with Gasteiger partial charge in [0.1, 0.15) is 5.02 Å². The molecule has 20 heavy (non-hydrogen) atoms. The zero-order chi connectivity index (χ0) is 14.7. The minimum absolute atomic E-state index is 0.0936. The molecule has 0 atom stereocenters. The number of anilines is 1. The zero-order valence-corrected chi connectivity index (χ0v) is 11.6. The van der Waals surface area contributed by atoms with Gasteiger partial charge in [-0.25, -0.2) is 4.68 Å². The molecule has 0 bridgehead atoms. The Morgan fingerprint density at radius 2 is 2.10 bits per heavy atom. The van der Waals surface area contributed by atoms with E-state index in [4.69, 9.17) is 11.6 Å². The molecular weight excluding hydrogens is 282 g/mol. The Kier molecular flexibility index (Phi) is 4.14. The fourth-order valence-corrected chi connectivity index (χ4v) is 1.94. The van der Waals surface area contributed by atoms with E-state index in [-0.39, 0.29) is 22.1 Å². The van der Waals surface area contributed by atoms with Gasteiger partial charge in [-0.1, -0.05) is 17.7 Å². The topological polar surface area (TPSA) is 87.4 Å². The van der Waals surface area contributed by atoms with Crippen LogP contribution in [0.4, 0.5) is 5.69 Å². The summed E-state index contributed by atoms with van der Waals surface area (Å²) < 4.78 is 1.16. The lowest BCUT2D eigenvalue weighted by atomic mass is 10.1. The van der Waals surface area contributed by atoms with Crippen LogP contribution in [0, 0.1) is 0 Å². The number of aryl methyl sites for hydroxylation is 1.